The van der Waals surface area contributed by atoms with Gasteiger partial charge in [0, 0.05) is 18.8 Å². The molecule has 0 bridgehead atoms. The molecule has 7 heteroatoms. The minimum absolute atomic E-state index is 0. The van der Waals surface area contributed by atoms with Gasteiger partial charge in [-0.1, -0.05) is 0 Å². The van der Waals surface area contributed by atoms with E-state index in [1.165, 1.54) is 0 Å². The molecule has 2 rings (SSSR count). The fourth-order valence-corrected chi connectivity index (χ4v) is 1.07. The lowest BCUT2D eigenvalue weighted by atomic mass is 10.4. The Balaban J connectivity index is 0.00000112. The monoisotopic (exact) mass is 226 g/mol. The molecule has 2 aromatic heterocycles. The van der Waals surface area contributed by atoms with E-state index in [1.807, 2.05) is 0 Å². The van der Waals surface area contributed by atoms with E-state index in [2.05, 4.69) is 25.1 Å². The number of rotatable bonds is 3. The van der Waals surface area contributed by atoms with E-state index in [0.29, 0.717) is 24.5 Å². The predicted molar refractivity (Wildman–Crippen MR) is 57.4 cm³/mol. The third-order valence-electron chi connectivity index (χ3n) is 1.71. The maximum atomic E-state index is 5.39. The summed E-state index contributed by atoms with van der Waals surface area (Å²) in [4.78, 5) is 12.2. The highest BCUT2D eigenvalue weighted by Gasteiger charge is 2.05. The van der Waals surface area contributed by atoms with Crippen molar-refractivity contribution in [1.82, 2.24) is 25.1 Å². The van der Waals surface area contributed by atoms with Gasteiger partial charge in [-0.15, -0.1) is 12.4 Å². The number of aromatic nitrogens is 5. The van der Waals surface area contributed by atoms with E-state index in [0.717, 1.165) is 5.82 Å². The summed E-state index contributed by atoms with van der Waals surface area (Å²) in [7, 11) is 0. The molecule has 0 aliphatic carbocycles. The molecule has 2 aromatic rings. The van der Waals surface area contributed by atoms with Crippen molar-refractivity contribution in [2.45, 2.75) is 6.42 Å². The second kappa shape index (κ2) is 5.38. The summed E-state index contributed by atoms with van der Waals surface area (Å²) >= 11 is 0. The highest BCUT2D eigenvalue weighted by atomic mass is 35.5. The van der Waals surface area contributed by atoms with E-state index in [9.17, 15) is 0 Å². The molecule has 0 atom stereocenters. The second-order valence-electron chi connectivity index (χ2n) is 2.74. The molecule has 0 saturated carbocycles. The molecule has 15 heavy (non-hydrogen) atoms. The Morgan fingerprint density at radius 2 is 2.20 bits per heavy atom. The number of nitrogens with two attached hydrogens (primary N) is 1. The lowest BCUT2D eigenvalue weighted by molar-refractivity contribution is 0.874. The van der Waals surface area contributed by atoms with Gasteiger partial charge < -0.3 is 5.73 Å². The van der Waals surface area contributed by atoms with Crippen molar-refractivity contribution in [2.75, 3.05) is 6.54 Å². The molecule has 0 radical (unpaired) electrons. The van der Waals surface area contributed by atoms with Gasteiger partial charge in [0.05, 0.1) is 6.20 Å². The largest absolute Gasteiger partial charge is 0.330 e. The summed E-state index contributed by atoms with van der Waals surface area (Å²) in [5.74, 6) is 1.33. The number of aromatic amines is 1. The van der Waals surface area contributed by atoms with Gasteiger partial charge in [-0.3, -0.25) is 10.1 Å². The first-order chi connectivity index (χ1) is 6.90. The molecular weight excluding hydrogens is 216 g/mol. The van der Waals surface area contributed by atoms with E-state index < -0.39 is 0 Å². The van der Waals surface area contributed by atoms with Gasteiger partial charge in [0.1, 0.15) is 11.5 Å². The second-order valence-corrected chi connectivity index (χ2v) is 2.74. The van der Waals surface area contributed by atoms with Crippen LogP contribution in [0.1, 0.15) is 5.82 Å². The number of hydrogen-bond acceptors (Lipinski definition) is 5. The van der Waals surface area contributed by atoms with Crippen molar-refractivity contribution in [3.8, 4) is 11.5 Å². The van der Waals surface area contributed by atoms with Crippen molar-refractivity contribution in [2.24, 2.45) is 5.73 Å². The van der Waals surface area contributed by atoms with Crippen LogP contribution in [0.15, 0.2) is 18.6 Å². The fraction of sp³-hybridized carbons (Fsp3) is 0.250. The van der Waals surface area contributed by atoms with Crippen LogP contribution in [0.5, 0.6) is 0 Å². The Morgan fingerprint density at radius 1 is 1.33 bits per heavy atom. The molecule has 80 valence electrons. The Hall–Kier alpha value is -1.53. The molecule has 2 heterocycles. The molecule has 6 nitrogen and oxygen atoms in total. The van der Waals surface area contributed by atoms with Gasteiger partial charge in [0.25, 0.3) is 0 Å². The van der Waals surface area contributed by atoms with Crippen LogP contribution < -0.4 is 5.73 Å². The summed E-state index contributed by atoms with van der Waals surface area (Å²) in [5, 5.41) is 6.81. The van der Waals surface area contributed by atoms with E-state index in [1.54, 1.807) is 18.6 Å². The van der Waals surface area contributed by atoms with Crippen LogP contribution in [-0.2, 0) is 6.42 Å². The standard InChI is InChI=1S/C8H10N6.ClH/c9-2-1-7-12-8(14-13-7)6-5-10-3-4-11-6;/h3-5H,1-2,9H2,(H,12,13,14);1H. The molecule has 0 aliphatic heterocycles. The third-order valence-corrected chi connectivity index (χ3v) is 1.71. The maximum absolute atomic E-state index is 5.39. The highest BCUT2D eigenvalue weighted by molar-refractivity contribution is 5.85. The lowest BCUT2D eigenvalue weighted by Crippen LogP contribution is -2.03. The van der Waals surface area contributed by atoms with Gasteiger partial charge in [-0.05, 0) is 6.54 Å². The van der Waals surface area contributed by atoms with Crippen LogP contribution in [-0.4, -0.2) is 31.7 Å². The number of nitrogens with one attached hydrogen (secondary N) is 1. The van der Waals surface area contributed by atoms with Crippen LogP contribution in [0.4, 0.5) is 0 Å². The van der Waals surface area contributed by atoms with E-state index in [-0.39, 0.29) is 12.4 Å². The van der Waals surface area contributed by atoms with Crippen LogP contribution in [0.25, 0.3) is 11.5 Å². The SMILES string of the molecule is Cl.NCCc1nc(-c2cnccn2)n[nH]1. The average molecular weight is 227 g/mol. The smallest absolute Gasteiger partial charge is 0.201 e. The quantitative estimate of drug-likeness (QED) is 0.779. The minimum Gasteiger partial charge on any atom is -0.330 e. The zero-order chi connectivity index (χ0) is 9.80. The third kappa shape index (κ3) is 2.71. The van der Waals surface area contributed by atoms with Gasteiger partial charge >= 0.3 is 0 Å². The van der Waals surface area contributed by atoms with Crippen molar-refractivity contribution in [3.05, 3.63) is 24.4 Å². The van der Waals surface area contributed by atoms with Crippen molar-refractivity contribution >= 4 is 12.4 Å². The van der Waals surface area contributed by atoms with Gasteiger partial charge in [0.15, 0.2) is 0 Å². The van der Waals surface area contributed by atoms with E-state index >= 15 is 0 Å². The van der Waals surface area contributed by atoms with Gasteiger partial charge in [0.2, 0.25) is 5.82 Å². The van der Waals surface area contributed by atoms with Crippen molar-refractivity contribution < 1.29 is 0 Å². The molecule has 0 aliphatic rings. The zero-order valence-electron chi connectivity index (χ0n) is 7.92. The van der Waals surface area contributed by atoms with Crippen LogP contribution in [0.3, 0.4) is 0 Å². The Kier molecular flexibility index (Phi) is 4.14. The summed E-state index contributed by atoms with van der Waals surface area (Å²) in [5.41, 5.74) is 6.05. The molecule has 0 unspecified atom stereocenters. The zero-order valence-corrected chi connectivity index (χ0v) is 8.74. The topological polar surface area (TPSA) is 93.4 Å². The molecule has 0 saturated heterocycles. The Labute approximate surface area is 92.8 Å². The molecular formula is C8H11ClN6. The van der Waals surface area contributed by atoms with Crippen molar-refractivity contribution in [3.63, 3.8) is 0 Å². The number of halogens is 1. The number of H-pyrrole nitrogens is 1. The summed E-state index contributed by atoms with van der Waals surface area (Å²) in [6.45, 7) is 0.551. The first-order valence-corrected chi connectivity index (χ1v) is 4.28. The normalized spacial score (nSPS) is 9.67. The minimum atomic E-state index is 0. The fourth-order valence-electron chi connectivity index (χ4n) is 1.07. The molecule has 0 spiro atoms. The molecule has 3 N–H and O–H groups in total. The van der Waals surface area contributed by atoms with Crippen LogP contribution in [0.2, 0.25) is 0 Å². The number of hydrogen-bond donors (Lipinski definition) is 2. The first kappa shape index (κ1) is 11.5. The maximum Gasteiger partial charge on any atom is 0.201 e. The van der Waals surface area contributed by atoms with Crippen molar-refractivity contribution in [1.29, 1.82) is 0 Å². The number of nitrogens with zero attached hydrogens (tertiary/aromatic N) is 4. The Bertz CT molecular complexity index is 401. The molecule has 0 aromatic carbocycles. The summed E-state index contributed by atoms with van der Waals surface area (Å²) in [6.07, 6.45) is 5.52. The van der Waals surface area contributed by atoms with E-state index in [4.69, 9.17) is 5.73 Å². The Morgan fingerprint density at radius 3 is 2.87 bits per heavy atom. The summed E-state index contributed by atoms with van der Waals surface area (Å²) < 4.78 is 0. The van der Waals surface area contributed by atoms with Crippen LogP contribution in [0, 0.1) is 0 Å². The van der Waals surface area contributed by atoms with Gasteiger partial charge in [-0.2, -0.15) is 5.10 Å². The van der Waals surface area contributed by atoms with Gasteiger partial charge in [-0.25, -0.2) is 9.97 Å². The summed E-state index contributed by atoms with van der Waals surface area (Å²) in [6, 6.07) is 0. The molecule has 0 fully saturated rings. The highest BCUT2D eigenvalue weighted by Crippen LogP contribution is 2.08. The lowest BCUT2D eigenvalue weighted by Gasteiger charge is -1.90. The average Bonchev–Trinajstić information content (AvgIpc) is 2.68. The predicted octanol–water partition coefficient (Wildman–Crippen LogP) is 0.185. The molecule has 0 amide bonds. The first-order valence-electron chi connectivity index (χ1n) is 4.28. The van der Waals surface area contributed by atoms with Crippen LogP contribution >= 0.6 is 12.4 Å².